The van der Waals surface area contributed by atoms with Crippen molar-refractivity contribution in [2.45, 2.75) is 106 Å². The fraction of sp³-hybridized carbons (Fsp3) is 0.621. The molecular formula is C29H45N. The summed E-state index contributed by atoms with van der Waals surface area (Å²) in [6.45, 7) is 13.3. The van der Waals surface area contributed by atoms with Crippen molar-refractivity contribution in [2.75, 3.05) is 0 Å². The summed E-state index contributed by atoms with van der Waals surface area (Å²) in [5.41, 5.74) is 7.24. The Labute approximate surface area is 186 Å². The number of nitrogens with zero attached hydrogens (tertiary/aromatic N) is 1. The second-order valence-corrected chi connectivity index (χ2v) is 9.33. The molecule has 2 rings (SSSR count). The largest absolute Gasteiger partial charge is 0.261 e. The van der Waals surface area contributed by atoms with Gasteiger partial charge in [0.15, 0.2) is 0 Å². The minimum atomic E-state index is 0.550. The second kappa shape index (κ2) is 12.3. The van der Waals surface area contributed by atoms with Crippen LogP contribution in [-0.2, 0) is 6.42 Å². The number of aryl methyl sites for hydroxylation is 2. The van der Waals surface area contributed by atoms with Crippen LogP contribution in [0, 0.1) is 18.3 Å². The second-order valence-electron chi connectivity index (χ2n) is 9.33. The first kappa shape index (κ1) is 24.6. The molecule has 1 aliphatic carbocycles. The van der Waals surface area contributed by atoms with Crippen LogP contribution in [0.4, 0.5) is 0 Å². The molecule has 0 radical (unpaired) electrons. The highest BCUT2D eigenvalue weighted by Crippen LogP contribution is 2.50. The number of aliphatic imine (C=N–C) groups is 1. The lowest BCUT2D eigenvalue weighted by Crippen LogP contribution is -2.34. The highest BCUT2D eigenvalue weighted by Gasteiger charge is 2.38. The number of rotatable bonds is 10. The van der Waals surface area contributed by atoms with Gasteiger partial charge in [-0.3, -0.25) is 4.99 Å². The molecule has 0 aromatic heterocycles. The Bertz CT molecular complexity index is 752. The van der Waals surface area contributed by atoms with Gasteiger partial charge in [0.1, 0.15) is 0 Å². The Morgan fingerprint density at radius 2 is 1.97 bits per heavy atom. The SMILES string of the molecule is C\C=C/N=C(C)/C(=C/C)c1c(C)cccc1CCC1(CCCC)CCCCC1CC. The zero-order valence-electron chi connectivity index (χ0n) is 20.6. The van der Waals surface area contributed by atoms with Gasteiger partial charge in [0.2, 0.25) is 0 Å². The number of hydrogen-bond acceptors (Lipinski definition) is 1. The van der Waals surface area contributed by atoms with Crippen LogP contribution >= 0.6 is 0 Å². The third-order valence-electron chi connectivity index (χ3n) is 7.48. The van der Waals surface area contributed by atoms with Crippen LogP contribution in [-0.4, -0.2) is 5.71 Å². The average molecular weight is 408 g/mol. The van der Waals surface area contributed by atoms with Gasteiger partial charge in [0, 0.05) is 11.9 Å². The maximum Gasteiger partial charge on any atom is 0.0447 e. The Morgan fingerprint density at radius 3 is 2.63 bits per heavy atom. The van der Waals surface area contributed by atoms with E-state index < -0.39 is 0 Å². The van der Waals surface area contributed by atoms with Gasteiger partial charge >= 0.3 is 0 Å². The van der Waals surface area contributed by atoms with E-state index in [1.165, 1.54) is 86.5 Å². The van der Waals surface area contributed by atoms with Gasteiger partial charge in [0.25, 0.3) is 0 Å². The molecule has 30 heavy (non-hydrogen) atoms. The Hall–Kier alpha value is -1.63. The number of benzene rings is 1. The summed E-state index contributed by atoms with van der Waals surface area (Å²) in [4.78, 5) is 4.67. The molecule has 0 N–H and O–H groups in total. The van der Waals surface area contributed by atoms with Gasteiger partial charge in [-0.25, -0.2) is 0 Å². The van der Waals surface area contributed by atoms with Crippen molar-refractivity contribution in [3.8, 4) is 0 Å². The summed E-state index contributed by atoms with van der Waals surface area (Å²) in [6, 6.07) is 6.87. The molecular weight excluding hydrogens is 362 g/mol. The summed E-state index contributed by atoms with van der Waals surface area (Å²) in [6.07, 6.45) is 19.9. The molecule has 1 aromatic carbocycles. The minimum Gasteiger partial charge on any atom is -0.261 e. The van der Waals surface area contributed by atoms with Gasteiger partial charge in [-0.15, -0.1) is 0 Å². The van der Waals surface area contributed by atoms with Crippen molar-refractivity contribution in [1.29, 1.82) is 0 Å². The summed E-state index contributed by atoms with van der Waals surface area (Å²) in [5, 5.41) is 0. The van der Waals surface area contributed by atoms with Crippen LogP contribution in [0.5, 0.6) is 0 Å². The molecule has 1 saturated carbocycles. The van der Waals surface area contributed by atoms with E-state index >= 15 is 0 Å². The molecule has 1 aromatic rings. The molecule has 1 aliphatic rings. The maximum atomic E-state index is 4.67. The lowest BCUT2D eigenvalue weighted by Gasteiger charge is -2.45. The minimum absolute atomic E-state index is 0.550. The molecule has 2 unspecified atom stereocenters. The number of unbranched alkanes of at least 4 members (excludes halogenated alkanes) is 1. The van der Waals surface area contributed by atoms with Crippen LogP contribution in [0.1, 0.15) is 109 Å². The van der Waals surface area contributed by atoms with E-state index in [-0.39, 0.29) is 0 Å². The summed E-state index contributed by atoms with van der Waals surface area (Å²) >= 11 is 0. The fourth-order valence-electron chi connectivity index (χ4n) is 5.82. The van der Waals surface area contributed by atoms with E-state index in [4.69, 9.17) is 0 Å². The number of allylic oxidation sites excluding steroid dienone is 3. The third kappa shape index (κ3) is 5.96. The van der Waals surface area contributed by atoms with E-state index in [1.54, 1.807) is 0 Å². The van der Waals surface area contributed by atoms with Gasteiger partial charge < -0.3 is 0 Å². The van der Waals surface area contributed by atoms with E-state index in [9.17, 15) is 0 Å². The summed E-state index contributed by atoms with van der Waals surface area (Å²) < 4.78 is 0. The van der Waals surface area contributed by atoms with Crippen LogP contribution in [0.25, 0.3) is 5.57 Å². The molecule has 0 spiro atoms. The first-order valence-electron chi connectivity index (χ1n) is 12.4. The van der Waals surface area contributed by atoms with Crippen molar-refractivity contribution < 1.29 is 0 Å². The predicted molar refractivity (Wildman–Crippen MR) is 135 cm³/mol. The van der Waals surface area contributed by atoms with Crippen LogP contribution in [0.15, 0.2) is 41.5 Å². The summed E-state index contributed by atoms with van der Waals surface area (Å²) in [5.74, 6) is 0.908. The zero-order chi connectivity index (χ0) is 22.0. The van der Waals surface area contributed by atoms with Gasteiger partial charge in [-0.1, -0.05) is 76.3 Å². The molecule has 0 aliphatic heterocycles. The smallest absolute Gasteiger partial charge is 0.0447 e. The molecule has 0 amide bonds. The quantitative estimate of drug-likeness (QED) is 0.343. The molecule has 0 saturated heterocycles. The molecule has 1 fully saturated rings. The predicted octanol–water partition coefficient (Wildman–Crippen LogP) is 9.10. The van der Waals surface area contributed by atoms with Crippen molar-refractivity contribution in [3.05, 3.63) is 53.2 Å². The van der Waals surface area contributed by atoms with Crippen molar-refractivity contribution in [3.63, 3.8) is 0 Å². The maximum absolute atomic E-state index is 4.67. The monoisotopic (exact) mass is 407 g/mol. The molecule has 0 bridgehead atoms. The lowest BCUT2D eigenvalue weighted by molar-refractivity contribution is 0.0659. The normalized spacial score (nSPS) is 23.3. The van der Waals surface area contributed by atoms with Crippen molar-refractivity contribution >= 4 is 11.3 Å². The van der Waals surface area contributed by atoms with Gasteiger partial charge in [-0.05, 0) is 93.4 Å². The lowest BCUT2D eigenvalue weighted by atomic mass is 9.60. The first-order valence-corrected chi connectivity index (χ1v) is 12.4. The van der Waals surface area contributed by atoms with E-state index in [1.807, 2.05) is 19.2 Å². The van der Waals surface area contributed by atoms with E-state index in [0.717, 1.165) is 11.6 Å². The Balaban J connectivity index is 2.37. The van der Waals surface area contributed by atoms with E-state index in [0.29, 0.717) is 5.41 Å². The molecule has 2 atom stereocenters. The van der Waals surface area contributed by atoms with Gasteiger partial charge in [-0.2, -0.15) is 0 Å². The van der Waals surface area contributed by atoms with Crippen LogP contribution in [0.3, 0.4) is 0 Å². The average Bonchev–Trinajstić information content (AvgIpc) is 2.77. The molecule has 0 heterocycles. The first-order chi connectivity index (χ1) is 14.5. The van der Waals surface area contributed by atoms with E-state index in [2.05, 4.69) is 63.9 Å². The summed E-state index contributed by atoms with van der Waals surface area (Å²) in [7, 11) is 0. The van der Waals surface area contributed by atoms with Crippen molar-refractivity contribution in [2.24, 2.45) is 16.3 Å². The highest BCUT2D eigenvalue weighted by atomic mass is 14.7. The number of hydrogen-bond donors (Lipinski definition) is 0. The van der Waals surface area contributed by atoms with Crippen molar-refractivity contribution in [1.82, 2.24) is 0 Å². The highest BCUT2D eigenvalue weighted by molar-refractivity contribution is 6.23. The Kier molecular flexibility index (Phi) is 10.1. The zero-order valence-corrected chi connectivity index (χ0v) is 20.6. The third-order valence-corrected chi connectivity index (χ3v) is 7.48. The topological polar surface area (TPSA) is 12.4 Å². The van der Waals surface area contributed by atoms with Crippen LogP contribution in [0.2, 0.25) is 0 Å². The van der Waals surface area contributed by atoms with Gasteiger partial charge in [0.05, 0.1) is 0 Å². The standard InChI is InChI=1S/C29H45N/c1-7-11-19-29(20-13-12-17-26(29)9-3)21-18-25-16-14-15-23(5)28(25)27(10-4)24(6)30-22-8-2/h8,10,14-16,22,26H,7,9,11-13,17-21H2,1-6H3/b22-8-,27-10-,30-24+. The fourth-order valence-corrected chi connectivity index (χ4v) is 5.82. The Morgan fingerprint density at radius 1 is 1.17 bits per heavy atom. The molecule has 1 heteroatoms. The molecule has 166 valence electrons. The van der Waals surface area contributed by atoms with Crippen LogP contribution < -0.4 is 0 Å². The molecule has 1 nitrogen and oxygen atoms in total.